The molecule has 0 aliphatic carbocycles. The highest BCUT2D eigenvalue weighted by molar-refractivity contribution is 6.31. The Morgan fingerprint density at radius 1 is 1.00 bits per heavy atom. The zero-order valence-electron chi connectivity index (χ0n) is 10.8. The molecule has 2 aromatic carbocycles. The third-order valence-electron chi connectivity index (χ3n) is 3.25. The van der Waals surface area contributed by atoms with Gasteiger partial charge in [-0.25, -0.2) is 8.78 Å². The second kappa shape index (κ2) is 6.82. The predicted octanol–water partition coefficient (Wildman–Crippen LogP) is 4.01. The largest absolute Gasteiger partial charge is 0.396 e. The van der Waals surface area contributed by atoms with Gasteiger partial charge in [-0.3, -0.25) is 0 Å². The zero-order chi connectivity index (χ0) is 14.5. The van der Waals surface area contributed by atoms with Crippen LogP contribution >= 0.6 is 11.6 Å². The van der Waals surface area contributed by atoms with Crippen molar-refractivity contribution < 1.29 is 13.9 Å². The van der Waals surface area contributed by atoms with Crippen LogP contribution < -0.4 is 0 Å². The third-order valence-corrected chi connectivity index (χ3v) is 3.60. The van der Waals surface area contributed by atoms with Gasteiger partial charge in [-0.1, -0.05) is 29.8 Å². The van der Waals surface area contributed by atoms with E-state index < -0.39 is 0 Å². The summed E-state index contributed by atoms with van der Waals surface area (Å²) in [6, 6.07) is 10.6. The van der Waals surface area contributed by atoms with Crippen LogP contribution in [0.1, 0.15) is 11.1 Å². The van der Waals surface area contributed by atoms with Gasteiger partial charge in [-0.15, -0.1) is 0 Å². The van der Waals surface area contributed by atoms with Crippen molar-refractivity contribution in [2.24, 2.45) is 5.92 Å². The van der Waals surface area contributed by atoms with Gasteiger partial charge < -0.3 is 5.11 Å². The molecule has 0 saturated carbocycles. The highest BCUT2D eigenvalue weighted by Gasteiger charge is 2.15. The molecule has 4 heteroatoms. The Morgan fingerprint density at radius 3 is 2.30 bits per heavy atom. The van der Waals surface area contributed by atoms with Crippen molar-refractivity contribution in [1.29, 1.82) is 0 Å². The van der Waals surface area contributed by atoms with Gasteiger partial charge in [-0.2, -0.15) is 0 Å². The number of hydrogen-bond donors (Lipinski definition) is 1. The number of aliphatic hydroxyl groups is 1. The molecule has 1 unspecified atom stereocenters. The predicted molar refractivity (Wildman–Crippen MR) is 75.8 cm³/mol. The first-order valence-corrected chi connectivity index (χ1v) is 6.76. The van der Waals surface area contributed by atoms with Crippen molar-refractivity contribution >= 4 is 11.6 Å². The van der Waals surface area contributed by atoms with Gasteiger partial charge in [0, 0.05) is 17.2 Å². The van der Waals surface area contributed by atoms with Crippen molar-refractivity contribution in [1.82, 2.24) is 0 Å². The molecule has 20 heavy (non-hydrogen) atoms. The Labute approximate surface area is 121 Å². The molecule has 2 rings (SSSR count). The normalized spacial score (nSPS) is 12.4. The zero-order valence-corrected chi connectivity index (χ0v) is 11.6. The van der Waals surface area contributed by atoms with E-state index in [9.17, 15) is 13.9 Å². The van der Waals surface area contributed by atoms with Crippen molar-refractivity contribution in [3.8, 4) is 0 Å². The van der Waals surface area contributed by atoms with E-state index in [-0.39, 0.29) is 24.2 Å². The molecule has 0 aliphatic heterocycles. The molecule has 0 bridgehead atoms. The first-order valence-electron chi connectivity index (χ1n) is 6.38. The van der Waals surface area contributed by atoms with Crippen LogP contribution in [0.3, 0.4) is 0 Å². The first kappa shape index (κ1) is 14.9. The van der Waals surface area contributed by atoms with Gasteiger partial charge >= 0.3 is 0 Å². The molecule has 0 fully saturated rings. The fraction of sp³-hybridized carbons (Fsp3) is 0.250. The van der Waals surface area contributed by atoms with Gasteiger partial charge in [0.25, 0.3) is 0 Å². The summed E-state index contributed by atoms with van der Waals surface area (Å²) in [6.45, 7) is -0.0813. The molecule has 0 saturated heterocycles. The number of benzene rings is 2. The Hall–Kier alpha value is -1.45. The van der Waals surface area contributed by atoms with Crippen molar-refractivity contribution in [3.05, 3.63) is 70.2 Å². The number of hydrogen-bond acceptors (Lipinski definition) is 1. The monoisotopic (exact) mass is 296 g/mol. The molecule has 0 radical (unpaired) electrons. The number of rotatable bonds is 5. The highest BCUT2D eigenvalue weighted by atomic mass is 35.5. The minimum Gasteiger partial charge on any atom is -0.396 e. The maximum Gasteiger partial charge on any atom is 0.127 e. The van der Waals surface area contributed by atoms with E-state index in [0.717, 1.165) is 5.56 Å². The van der Waals surface area contributed by atoms with E-state index in [1.165, 1.54) is 18.2 Å². The SMILES string of the molecule is OCC(Cc1ccc(F)cc1)Cc1c(F)cccc1Cl. The quantitative estimate of drug-likeness (QED) is 0.884. The summed E-state index contributed by atoms with van der Waals surface area (Å²) >= 11 is 5.98. The Bertz CT molecular complexity index is 549. The minimum atomic E-state index is -0.366. The second-order valence-electron chi connectivity index (χ2n) is 4.78. The molecule has 0 aromatic heterocycles. The third kappa shape index (κ3) is 3.78. The van der Waals surface area contributed by atoms with Gasteiger partial charge in [0.05, 0.1) is 0 Å². The summed E-state index contributed by atoms with van der Waals surface area (Å²) in [5.74, 6) is -0.823. The molecular weight excluding hydrogens is 282 g/mol. The van der Waals surface area contributed by atoms with Gasteiger partial charge in [0.15, 0.2) is 0 Å². The van der Waals surface area contributed by atoms with E-state index in [1.54, 1.807) is 24.3 Å². The topological polar surface area (TPSA) is 20.2 Å². The van der Waals surface area contributed by atoms with Crippen LogP contribution in [0.2, 0.25) is 5.02 Å². The molecule has 0 heterocycles. The van der Waals surface area contributed by atoms with E-state index in [1.807, 2.05) is 0 Å². The summed E-state index contributed by atoms with van der Waals surface area (Å²) in [5, 5.41) is 9.81. The lowest BCUT2D eigenvalue weighted by molar-refractivity contribution is 0.224. The maximum atomic E-state index is 13.7. The van der Waals surface area contributed by atoms with Crippen LogP contribution in [-0.2, 0) is 12.8 Å². The molecular formula is C16H15ClF2O. The summed E-state index contributed by atoms with van der Waals surface area (Å²) in [7, 11) is 0. The van der Waals surface area contributed by atoms with E-state index in [0.29, 0.717) is 23.4 Å². The summed E-state index contributed by atoms with van der Waals surface area (Å²) < 4.78 is 26.6. The average molecular weight is 297 g/mol. The van der Waals surface area contributed by atoms with Crippen molar-refractivity contribution in [2.45, 2.75) is 12.8 Å². The molecule has 1 atom stereocenters. The molecule has 0 spiro atoms. The van der Waals surface area contributed by atoms with Crippen LogP contribution in [0, 0.1) is 17.6 Å². The summed E-state index contributed by atoms with van der Waals surface area (Å²) in [6.07, 6.45) is 0.890. The minimum absolute atomic E-state index is 0.0813. The van der Waals surface area contributed by atoms with E-state index in [4.69, 9.17) is 11.6 Å². The fourth-order valence-electron chi connectivity index (χ4n) is 2.17. The van der Waals surface area contributed by atoms with E-state index >= 15 is 0 Å². The lowest BCUT2D eigenvalue weighted by Crippen LogP contribution is -2.14. The van der Waals surface area contributed by atoms with Crippen LogP contribution in [0.4, 0.5) is 8.78 Å². The van der Waals surface area contributed by atoms with E-state index in [2.05, 4.69) is 0 Å². The Kier molecular flexibility index (Phi) is 5.10. The summed E-state index contributed by atoms with van der Waals surface area (Å²) in [5.41, 5.74) is 1.31. The highest BCUT2D eigenvalue weighted by Crippen LogP contribution is 2.24. The Balaban J connectivity index is 2.11. The maximum absolute atomic E-state index is 13.7. The lowest BCUT2D eigenvalue weighted by atomic mass is 9.93. The van der Waals surface area contributed by atoms with Crippen LogP contribution in [0.25, 0.3) is 0 Å². The molecule has 106 valence electrons. The van der Waals surface area contributed by atoms with Crippen LogP contribution in [-0.4, -0.2) is 11.7 Å². The lowest BCUT2D eigenvalue weighted by Gasteiger charge is -2.15. The van der Waals surface area contributed by atoms with Crippen LogP contribution in [0.15, 0.2) is 42.5 Å². The van der Waals surface area contributed by atoms with Crippen molar-refractivity contribution in [3.63, 3.8) is 0 Å². The number of halogens is 3. The molecule has 1 nitrogen and oxygen atoms in total. The number of aliphatic hydroxyl groups excluding tert-OH is 1. The van der Waals surface area contributed by atoms with Crippen molar-refractivity contribution in [2.75, 3.05) is 6.61 Å². The van der Waals surface area contributed by atoms with Gasteiger partial charge in [-0.05, 0) is 48.6 Å². The molecule has 1 N–H and O–H groups in total. The van der Waals surface area contributed by atoms with Crippen LogP contribution in [0.5, 0.6) is 0 Å². The van der Waals surface area contributed by atoms with Gasteiger partial charge in [0.1, 0.15) is 11.6 Å². The Morgan fingerprint density at radius 2 is 1.70 bits per heavy atom. The second-order valence-corrected chi connectivity index (χ2v) is 5.19. The smallest absolute Gasteiger partial charge is 0.127 e. The molecule has 2 aromatic rings. The molecule has 0 aliphatic rings. The first-order chi connectivity index (χ1) is 9.60. The van der Waals surface area contributed by atoms with Gasteiger partial charge in [0.2, 0.25) is 0 Å². The summed E-state index contributed by atoms with van der Waals surface area (Å²) in [4.78, 5) is 0. The average Bonchev–Trinajstić information content (AvgIpc) is 2.44. The standard InChI is InChI=1S/C16H15ClF2O/c17-15-2-1-3-16(19)14(15)9-12(10-20)8-11-4-6-13(18)7-5-11/h1-7,12,20H,8-10H2. The molecule has 0 amide bonds. The fourth-order valence-corrected chi connectivity index (χ4v) is 2.41.